The van der Waals surface area contributed by atoms with Crippen molar-refractivity contribution in [2.24, 2.45) is 0 Å². The molecule has 14 aromatic rings. The molecule has 6 amide bonds. The zero-order chi connectivity index (χ0) is 94.2. The molecule has 6 N–H and O–H groups in total. The zero-order valence-corrected chi connectivity index (χ0v) is 76.7. The van der Waals surface area contributed by atoms with Crippen LogP contribution in [0.15, 0.2) is 231 Å². The number of nitriles is 1. The maximum Gasteiger partial charge on any atom is 0.258 e. The molecule has 3 saturated heterocycles. The molecule has 4 fully saturated rings. The molecule has 694 valence electrons. The fraction of sp³-hybridized carbons (Fsp3) is 0.291. The van der Waals surface area contributed by atoms with Crippen LogP contribution in [0.3, 0.4) is 0 Å². The van der Waals surface area contributed by atoms with Gasteiger partial charge in [0.15, 0.2) is 28.5 Å². The molecule has 7 aliphatic rings. The first-order chi connectivity index (χ1) is 66.9. The molecule has 3 atom stereocenters. The number of hydrogen-bond donors (Lipinski definition) is 6. The number of methoxy groups -OCH3 is 3. The standard InChI is InChI=1S/C38H38N8O3.C36H33N9O3.C29H29FN6O3S/c1-49-38(37(48)42-30-9-10-32-31(22-30)35(44-43-32)29-11-17-39-33(21-29)27-5-6-27)14-20-45(24-38)23-34(47)46-18-12-26(13-19-46)25-3-7-28(8-4-25)36-40-15-2-16-41-36;1-48-36(35(47)41-28-7-8-31-30(20-28)33(43-42-31)27-9-15-38-29(19-27)21-37)12-18-44(23-36)22-32(46)45-16-10-25(11-17-45)24-3-5-26(6-4-24)34-39-13-2-14-40-34;1-39-29(10-14-35(18-29)17-25(37)36-12-8-20(9-13-36)27-31-11-15-40-27)28(38)32-22-6-7-24-23(16-22)26(34-33-24)19-2-4-21(30)5-3-19/h2-4,7-12,15-17,21-22,27H,5-6,13-14,18-20,23-24H2,1H3,(H,42,48)(H,43,44);2-10,13-15,19-20H,11-12,16-18,22-23H2,1H3,(H,41,47)(H,42,43);2-8,11,15-16H,9-10,12-14,17-18H2,1H3,(H,32,38)(H,33,34)/t38-;36-;29-/m000/s1. The maximum atomic E-state index is 13.7. The van der Waals surface area contributed by atoms with Crippen molar-refractivity contribution in [3.05, 3.63) is 264 Å². The summed E-state index contributed by atoms with van der Waals surface area (Å²) < 4.78 is 30.9. The number of fused-ring (bicyclic) bond motifs is 3. The number of pyridine rings is 2. The highest BCUT2D eigenvalue weighted by atomic mass is 32.1. The molecule has 0 bridgehead atoms. The van der Waals surface area contributed by atoms with Crippen molar-refractivity contribution in [1.82, 2.24) is 94.9 Å². The Balaban J connectivity index is 0.000000132. The van der Waals surface area contributed by atoms with Crippen molar-refractivity contribution in [1.29, 1.82) is 5.26 Å². The fourth-order valence-electron chi connectivity index (χ4n) is 18.7. The number of anilines is 3. The summed E-state index contributed by atoms with van der Waals surface area (Å²) in [5.74, 6) is 1.00. The average molecular weight is 1860 g/mol. The quantitative estimate of drug-likeness (QED) is 0.0327. The summed E-state index contributed by atoms with van der Waals surface area (Å²) in [6.07, 6.45) is 24.6. The molecule has 6 aliphatic heterocycles. The van der Waals surface area contributed by atoms with Crippen LogP contribution in [-0.4, -0.2) is 267 Å². The van der Waals surface area contributed by atoms with Crippen molar-refractivity contribution < 1.29 is 47.4 Å². The molecule has 14 heterocycles. The number of carbonyl (C=O) groups is 6. The number of likely N-dealkylation sites (tertiary alicyclic amines) is 3. The molecule has 8 aromatic heterocycles. The average Bonchev–Trinajstić information content (AvgIpc) is 1.65. The monoisotopic (exact) mass is 1850 g/mol. The number of halogens is 1. The molecular weight excluding hydrogens is 1750 g/mol. The summed E-state index contributed by atoms with van der Waals surface area (Å²) in [4.78, 5) is 122. The summed E-state index contributed by atoms with van der Waals surface area (Å²) in [5.41, 5.74) is 15.0. The van der Waals surface area contributed by atoms with Crippen LogP contribution < -0.4 is 16.0 Å². The van der Waals surface area contributed by atoms with Crippen LogP contribution in [0.1, 0.15) is 84.8 Å². The Morgan fingerprint density at radius 1 is 0.431 bits per heavy atom. The first-order valence-corrected chi connectivity index (χ1v) is 46.6. The van der Waals surface area contributed by atoms with Gasteiger partial charge in [-0.2, -0.15) is 20.6 Å². The van der Waals surface area contributed by atoms with Gasteiger partial charge in [0.2, 0.25) is 17.7 Å². The van der Waals surface area contributed by atoms with Gasteiger partial charge in [-0.1, -0.05) is 66.8 Å². The molecule has 32 nitrogen and oxygen atoms in total. The second-order valence-corrected chi connectivity index (χ2v) is 36.1. The van der Waals surface area contributed by atoms with Crippen molar-refractivity contribution in [3.8, 4) is 62.6 Å². The molecule has 0 spiro atoms. The van der Waals surface area contributed by atoms with Gasteiger partial charge in [-0.05, 0) is 194 Å². The van der Waals surface area contributed by atoms with Gasteiger partial charge >= 0.3 is 0 Å². The zero-order valence-electron chi connectivity index (χ0n) is 75.8. The van der Waals surface area contributed by atoms with E-state index in [0.717, 1.165) is 107 Å². The summed E-state index contributed by atoms with van der Waals surface area (Å²) in [6, 6.07) is 52.5. The number of hydrogen-bond acceptors (Lipinski definition) is 24. The number of thiazole rings is 1. The minimum Gasteiger partial charge on any atom is -0.367 e. The number of H-pyrrole nitrogens is 3. The normalized spacial score (nSPS) is 19.1. The van der Waals surface area contributed by atoms with Crippen molar-refractivity contribution >= 4 is 113 Å². The summed E-state index contributed by atoms with van der Waals surface area (Å²) in [6.45, 7) is 7.00. The minimum atomic E-state index is -1.09. The molecule has 137 heavy (non-hydrogen) atoms. The third-order valence-corrected chi connectivity index (χ3v) is 27.6. The van der Waals surface area contributed by atoms with Crippen LogP contribution in [-0.2, 0) is 43.0 Å². The second-order valence-electron chi connectivity index (χ2n) is 35.2. The number of amides is 6. The second kappa shape index (κ2) is 40.3. The van der Waals surface area contributed by atoms with E-state index in [1.165, 1.54) is 55.9 Å². The largest absolute Gasteiger partial charge is 0.367 e. The van der Waals surface area contributed by atoms with E-state index in [4.69, 9.17) is 14.2 Å². The number of ether oxygens (including phenoxy) is 3. The van der Waals surface area contributed by atoms with Crippen LogP contribution in [0.4, 0.5) is 21.5 Å². The topological polar surface area (TPSA) is 386 Å². The van der Waals surface area contributed by atoms with Gasteiger partial charge in [-0.15, -0.1) is 11.3 Å². The Morgan fingerprint density at radius 2 is 0.818 bits per heavy atom. The van der Waals surface area contributed by atoms with Gasteiger partial charge in [0.1, 0.15) is 34.0 Å². The molecule has 1 aliphatic carbocycles. The van der Waals surface area contributed by atoms with Crippen LogP contribution in [0.25, 0.3) is 106 Å². The van der Waals surface area contributed by atoms with Gasteiger partial charge in [-0.25, -0.2) is 34.3 Å². The third-order valence-electron chi connectivity index (χ3n) is 26.8. The highest BCUT2D eigenvalue weighted by Crippen LogP contribution is 2.42. The van der Waals surface area contributed by atoms with E-state index < -0.39 is 16.8 Å². The van der Waals surface area contributed by atoms with Crippen LogP contribution in [0, 0.1) is 17.1 Å². The predicted octanol–water partition coefficient (Wildman–Crippen LogP) is 13.8. The van der Waals surface area contributed by atoms with Crippen molar-refractivity contribution in [2.75, 3.05) is 135 Å². The van der Waals surface area contributed by atoms with E-state index in [2.05, 4.69) is 136 Å². The van der Waals surface area contributed by atoms with Gasteiger partial charge in [0.25, 0.3) is 17.7 Å². The van der Waals surface area contributed by atoms with Crippen molar-refractivity contribution in [3.63, 3.8) is 0 Å². The molecule has 6 aromatic carbocycles. The lowest BCUT2D eigenvalue weighted by atomic mass is 9.98. The Bertz CT molecular complexity index is 6970. The fourth-order valence-corrected chi connectivity index (χ4v) is 19.4. The number of rotatable bonds is 24. The SMILES string of the molecule is CO[C@@]1(C(=O)Nc2ccc3[nH]nc(-c4ccc(F)cc4)c3c2)CCN(CC(=O)N2CC=C(c3nccs3)CC2)C1.CO[C@@]1(C(=O)Nc2ccc3[nH]nc(-c4ccnc(C#N)c4)c3c2)CCN(CC(=O)N2CC=C(c3ccc(-c4ncccn4)cc3)CC2)C1.CO[C@@]1(C(=O)Nc2ccc3[nH]nc(-c4ccnc(C5CC5)c4)c3c2)CCN(CC(=O)N2CC=C(c3ccc(-c4ncccn4)cc3)CC2)C1. The lowest BCUT2D eigenvalue weighted by molar-refractivity contribution is -0.138. The molecule has 21 rings (SSSR count). The van der Waals surface area contributed by atoms with E-state index in [1.54, 1.807) is 104 Å². The van der Waals surface area contributed by atoms with E-state index >= 15 is 0 Å². The van der Waals surface area contributed by atoms with Gasteiger partial charge < -0.3 is 44.9 Å². The Labute approximate surface area is 792 Å². The van der Waals surface area contributed by atoms with E-state index in [9.17, 15) is 38.4 Å². The third kappa shape index (κ3) is 20.2. The Hall–Kier alpha value is -15.0. The highest BCUT2D eigenvalue weighted by Gasteiger charge is 2.49. The molecule has 1 saturated carbocycles. The van der Waals surface area contributed by atoms with E-state index in [1.807, 2.05) is 114 Å². The lowest BCUT2D eigenvalue weighted by Crippen LogP contribution is -2.48. The van der Waals surface area contributed by atoms with Gasteiger partial charge in [0, 0.05) is 221 Å². The number of nitrogens with zero attached hydrogens (tertiary/aromatic N) is 17. The Morgan fingerprint density at radius 3 is 1.20 bits per heavy atom. The van der Waals surface area contributed by atoms with E-state index in [-0.39, 0.29) is 60.9 Å². The summed E-state index contributed by atoms with van der Waals surface area (Å²) >= 11 is 1.61. The number of nitrogens with one attached hydrogen (secondary N) is 6. The predicted molar refractivity (Wildman–Crippen MR) is 520 cm³/mol. The number of aromatic nitrogens is 13. The summed E-state index contributed by atoms with van der Waals surface area (Å²) in [7, 11) is 4.64. The maximum absolute atomic E-state index is 13.7. The smallest absolute Gasteiger partial charge is 0.258 e. The van der Waals surface area contributed by atoms with Gasteiger partial charge in [0.05, 0.1) is 41.9 Å². The van der Waals surface area contributed by atoms with Crippen molar-refractivity contribution in [2.45, 2.75) is 74.1 Å². The molecule has 0 radical (unpaired) electrons. The van der Waals surface area contributed by atoms with Crippen LogP contribution in [0.5, 0.6) is 0 Å². The number of carbonyl (C=O) groups excluding carboxylic acids is 6. The van der Waals surface area contributed by atoms with E-state index in [0.29, 0.717) is 150 Å². The highest BCUT2D eigenvalue weighted by molar-refractivity contribution is 7.10. The minimum absolute atomic E-state index is 0.0304. The molecular formula is C103H100FN23O9S. The van der Waals surface area contributed by atoms with Gasteiger partial charge in [-0.3, -0.25) is 63.7 Å². The number of aromatic amines is 3. The molecule has 0 unspecified atom stereocenters. The first kappa shape index (κ1) is 91.2. The number of benzene rings is 6. The first-order valence-electron chi connectivity index (χ1n) is 45.7. The molecule has 34 heteroatoms. The van der Waals surface area contributed by atoms with Crippen LogP contribution >= 0.6 is 11.3 Å². The Kier molecular flexibility index (Phi) is 26.8. The lowest BCUT2D eigenvalue weighted by Gasteiger charge is -2.30. The summed E-state index contributed by atoms with van der Waals surface area (Å²) in [5, 5.41) is 46.4. The van der Waals surface area contributed by atoms with Crippen LogP contribution in [0.2, 0.25) is 0 Å².